The van der Waals surface area contributed by atoms with Crippen molar-refractivity contribution in [2.24, 2.45) is 5.92 Å². The van der Waals surface area contributed by atoms with Gasteiger partial charge in [-0.05, 0) is 41.7 Å². The van der Waals surface area contributed by atoms with Crippen LogP contribution in [0.3, 0.4) is 0 Å². The molecule has 1 amide bonds. The number of carbonyl (C=O) groups is 2. The molecule has 4 aromatic rings. The van der Waals surface area contributed by atoms with Gasteiger partial charge in [-0.25, -0.2) is 4.98 Å². The zero-order valence-corrected chi connectivity index (χ0v) is 22.6. The Hall–Kier alpha value is -4.06. The second-order valence-corrected chi connectivity index (χ2v) is 11.0. The molecule has 3 aromatic carbocycles. The summed E-state index contributed by atoms with van der Waals surface area (Å²) in [5.41, 5.74) is 2.62. The van der Waals surface area contributed by atoms with Crippen molar-refractivity contribution in [3.63, 3.8) is 0 Å². The third-order valence-corrected chi connectivity index (χ3v) is 7.55. The molecule has 0 bridgehead atoms. The number of carbonyl (C=O) groups excluding carboxylic acids is 2. The van der Waals surface area contributed by atoms with E-state index in [-0.39, 0.29) is 18.5 Å². The van der Waals surface area contributed by atoms with E-state index in [0.29, 0.717) is 10.6 Å². The molecule has 2 unspecified atom stereocenters. The van der Waals surface area contributed by atoms with Gasteiger partial charge in [-0.3, -0.25) is 18.9 Å². The molecule has 11 heteroatoms. The fraction of sp³-hybridized carbons (Fsp3) is 0.179. The molecule has 2 atom stereocenters. The van der Waals surface area contributed by atoms with Gasteiger partial charge in [0, 0.05) is 6.20 Å². The summed E-state index contributed by atoms with van der Waals surface area (Å²) >= 11 is 1.41. The minimum atomic E-state index is -4.46. The van der Waals surface area contributed by atoms with Crippen molar-refractivity contribution in [1.29, 1.82) is 0 Å². The largest absolute Gasteiger partial charge is 0.468 e. The molecule has 202 valence electrons. The smallest absolute Gasteiger partial charge is 0.357 e. The summed E-state index contributed by atoms with van der Waals surface area (Å²) in [7, 11) is -3.21. The van der Waals surface area contributed by atoms with E-state index < -0.39 is 34.1 Å². The van der Waals surface area contributed by atoms with E-state index in [1.54, 1.807) is 24.4 Å². The Balaban J connectivity index is 1.64. The van der Waals surface area contributed by atoms with Crippen molar-refractivity contribution in [2.45, 2.75) is 18.9 Å². The van der Waals surface area contributed by atoms with Crippen LogP contribution in [-0.4, -0.2) is 36.9 Å². The Labute approximate surface area is 230 Å². The molecule has 3 N–H and O–H groups in total. The zero-order valence-electron chi connectivity index (χ0n) is 21.0. The lowest BCUT2D eigenvalue weighted by atomic mass is 9.97. The maximum Gasteiger partial charge on any atom is 0.357 e. The molecular weight excluding hydrogens is 538 g/mol. The normalized spacial score (nSPS) is 12.8. The maximum absolute atomic E-state index is 13.5. The number of thiazole rings is 1. The number of ether oxygens (including phenoxy) is 1. The van der Waals surface area contributed by atoms with Gasteiger partial charge in [-0.2, -0.15) is 8.42 Å². The molecule has 1 aromatic heterocycles. The summed E-state index contributed by atoms with van der Waals surface area (Å²) in [5.74, 6) is -2.25. The highest BCUT2D eigenvalue weighted by atomic mass is 32.2. The number of esters is 1. The van der Waals surface area contributed by atoms with Gasteiger partial charge in [0.15, 0.2) is 0 Å². The molecule has 0 aliphatic rings. The van der Waals surface area contributed by atoms with E-state index >= 15 is 0 Å². The highest BCUT2D eigenvalue weighted by Gasteiger charge is 2.31. The van der Waals surface area contributed by atoms with Crippen LogP contribution in [0.15, 0.2) is 91.1 Å². The second kappa shape index (κ2) is 12.7. The molecule has 9 nitrogen and oxygen atoms in total. The number of rotatable bonds is 11. The van der Waals surface area contributed by atoms with Crippen LogP contribution >= 0.6 is 11.3 Å². The minimum absolute atomic E-state index is 0.160. The lowest BCUT2D eigenvalue weighted by molar-refractivity contribution is -0.150. The molecule has 1 heterocycles. The average Bonchev–Trinajstić information content (AvgIpc) is 3.42. The molecule has 0 radical (unpaired) electrons. The number of anilines is 1. The van der Waals surface area contributed by atoms with Gasteiger partial charge in [-0.1, -0.05) is 72.8 Å². The summed E-state index contributed by atoms with van der Waals surface area (Å²) in [6.45, 7) is 0. The van der Waals surface area contributed by atoms with E-state index in [4.69, 9.17) is 9.29 Å². The van der Waals surface area contributed by atoms with E-state index in [1.165, 1.54) is 24.5 Å². The molecule has 0 saturated heterocycles. The Bertz CT molecular complexity index is 1530. The number of methoxy groups -OCH3 is 1. The summed E-state index contributed by atoms with van der Waals surface area (Å²) in [5, 5.41) is 3.58. The number of nitrogens with one attached hydrogen (secondary N) is 2. The minimum Gasteiger partial charge on any atom is -0.468 e. The predicted molar refractivity (Wildman–Crippen MR) is 149 cm³/mol. The first-order valence-electron chi connectivity index (χ1n) is 12.0. The van der Waals surface area contributed by atoms with Gasteiger partial charge < -0.3 is 10.1 Å². The quantitative estimate of drug-likeness (QED) is 0.139. The van der Waals surface area contributed by atoms with E-state index in [9.17, 15) is 18.0 Å². The standard InChI is InChI=1S/C28H27N3O6S2/c1-37-28(33)23(16-19-9-4-2-5-10-19)26(32)30-24(17-20-11-8-14-22(15-20)31-39(34,35)36)27-29-18-25(38-27)21-12-6-3-7-13-21/h2-15,18,23-24,31H,16-17H2,1H3,(H,30,32)(H,34,35,36). The summed E-state index contributed by atoms with van der Waals surface area (Å²) < 4.78 is 38.7. The number of benzene rings is 3. The van der Waals surface area contributed by atoms with E-state index in [1.807, 2.05) is 65.4 Å². The second-order valence-electron chi connectivity index (χ2n) is 8.74. The zero-order chi connectivity index (χ0) is 27.8. The van der Waals surface area contributed by atoms with Gasteiger partial charge in [0.05, 0.1) is 23.7 Å². The van der Waals surface area contributed by atoms with Crippen LogP contribution in [0, 0.1) is 5.92 Å². The van der Waals surface area contributed by atoms with Crippen LogP contribution in [-0.2, 0) is 37.5 Å². The number of amides is 1. The predicted octanol–water partition coefficient (Wildman–Crippen LogP) is 4.46. The molecule has 0 spiro atoms. The van der Waals surface area contributed by atoms with Crippen LogP contribution < -0.4 is 10.0 Å². The van der Waals surface area contributed by atoms with Gasteiger partial charge in [-0.15, -0.1) is 11.3 Å². The summed E-state index contributed by atoms with van der Waals surface area (Å²) in [4.78, 5) is 31.6. The average molecular weight is 566 g/mol. The van der Waals surface area contributed by atoms with Crippen LogP contribution in [0.4, 0.5) is 5.69 Å². The number of hydrogen-bond donors (Lipinski definition) is 3. The third kappa shape index (κ3) is 7.96. The molecule has 0 aliphatic carbocycles. The Morgan fingerprint density at radius 2 is 1.62 bits per heavy atom. The van der Waals surface area contributed by atoms with Crippen molar-refractivity contribution in [3.8, 4) is 10.4 Å². The number of hydrogen-bond acceptors (Lipinski definition) is 7. The number of nitrogens with zero attached hydrogens (tertiary/aromatic N) is 1. The van der Waals surface area contributed by atoms with Crippen molar-refractivity contribution < 1.29 is 27.3 Å². The highest BCUT2D eigenvalue weighted by molar-refractivity contribution is 7.87. The van der Waals surface area contributed by atoms with Crippen LogP contribution in [0.5, 0.6) is 0 Å². The van der Waals surface area contributed by atoms with Gasteiger partial charge in [0.2, 0.25) is 5.91 Å². The molecule has 0 saturated carbocycles. The first kappa shape index (κ1) is 28.0. The first-order chi connectivity index (χ1) is 18.7. The molecule has 0 aliphatic heterocycles. The summed E-state index contributed by atoms with van der Waals surface area (Å²) in [6.07, 6.45) is 2.13. The topological polar surface area (TPSA) is 135 Å². The van der Waals surface area contributed by atoms with Crippen LogP contribution in [0.2, 0.25) is 0 Å². The lowest BCUT2D eigenvalue weighted by Crippen LogP contribution is -2.40. The Morgan fingerprint density at radius 1 is 0.949 bits per heavy atom. The molecule has 0 fully saturated rings. The van der Waals surface area contributed by atoms with E-state index in [0.717, 1.165) is 16.0 Å². The van der Waals surface area contributed by atoms with Crippen LogP contribution in [0.1, 0.15) is 22.2 Å². The maximum atomic E-state index is 13.5. The number of aromatic nitrogens is 1. The van der Waals surface area contributed by atoms with Crippen LogP contribution in [0.25, 0.3) is 10.4 Å². The van der Waals surface area contributed by atoms with Crippen molar-refractivity contribution in [2.75, 3.05) is 11.8 Å². The lowest BCUT2D eigenvalue weighted by Gasteiger charge is -2.21. The Kier molecular flexibility index (Phi) is 9.07. The molecule has 39 heavy (non-hydrogen) atoms. The molecule has 4 rings (SSSR count). The van der Waals surface area contributed by atoms with Crippen molar-refractivity contribution in [1.82, 2.24) is 10.3 Å². The Morgan fingerprint density at radius 3 is 2.28 bits per heavy atom. The fourth-order valence-electron chi connectivity index (χ4n) is 4.08. The van der Waals surface area contributed by atoms with Gasteiger partial charge in [0.1, 0.15) is 10.9 Å². The highest BCUT2D eigenvalue weighted by Crippen LogP contribution is 2.31. The van der Waals surface area contributed by atoms with Crippen molar-refractivity contribution >= 4 is 39.2 Å². The fourth-order valence-corrected chi connectivity index (χ4v) is 5.48. The third-order valence-electron chi connectivity index (χ3n) is 5.89. The van der Waals surface area contributed by atoms with Gasteiger partial charge >= 0.3 is 16.3 Å². The summed E-state index contributed by atoms with van der Waals surface area (Å²) in [6, 6.07) is 24.7. The van der Waals surface area contributed by atoms with Crippen molar-refractivity contribution in [3.05, 3.63) is 107 Å². The first-order valence-corrected chi connectivity index (χ1v) is 14.2. The van der Waals surface area contributed by atoms with Gasteiger partial charge in [0.25, 0.3) is 0 Å². The SMILES string of the molecule is COC(=O)C(Cc1ccccc1)C(=O)NC(Cc1cccc(NS(=O)(=O)O)c1)c1ncc(-c2ccccc2)s1. The van der Waals surface area contributed by atoms with E-state index in [2.05, 4.69) is 10.3 Å². The molecular formula is C28H27N3O6S2. The monoisotopic (exact) mass is 565 g/mol.